The topological polar surface area (TPSA) is 129 Å². The van der Waals surface area contributed by atoms with Crippen molar-refractivity contribution in [2.45, 2.75) is 77.2 Å². The summed E-state index contributed by atoms with van der Waals surface area (Å²) >= 11 is 0. The lowest BCUT2D eigenvalue weighted by atomic mass is 9.85. The number of hydrogen-bond donors (Lipinski definition) is 1. The molecular weight excluding hydrogens is 528 g/mol. The number of allylic oxidation sites excluding steroid dienone is 1. The lowest BCUT2D eigenvalue weighted by molar-refractivity contribution is -0.152. The van der Waals surface area contributed by atoms with Gasteiger partial charge >= 0.3 is 12.1 Å². The molecule has 5 atom stereocenters. The van der Waals surface area contributed by atoms with Crippen LogP contribution in [-0.4, -0.2) is 77.9 Å². The summed E-state index contributed by atoms with van der Waals surface area (Å²) in [5.74, 6) is 0.291. The van der Waals surface area contributed by atoms with Gasteiger partial charge in [0.05, 0.1) is 31.8 Å². The maximum Gasteiger partial charge on any atom is 0.408 e. The van der Waals surface area contributed by atoms with E-state index in [1.807, 2.05) is 45.1 Å². The van der Waals surface area contributed by atoms with Gasteiger partial charge in [-0.25, -0.2) is 19.6 Å². The fourth-order valence-corrected chi connectivity index (χ4v) is 5.46. The molecule has 2 bridgehead atoms. The van der Waals surface area contributed by atoms with E-state index in [1.165, 1.54) is 12.0 Å². The molecule has 0 unspecified atom stereocenters. The van der Waals surface area contributed by atoms with Gasteiger partial charge in [0, 0.05) is 12.5 Å². The molecule has 2 aliphatic heterocycles. The van der Waals surface area contributed by atoms with Gasteiger partial charge in [0.2, 0.25) is 11.8 Å². The molecular formula is C30H38N4O7. The van der Waals surface area contributed by atoms with Crippen LogP contribution in [0.2, 0.25) is 0 Å². The summed E-state index contributed by atoms with van der Waals surface area (Å²) < 4.78 is 22.4. The van der Waals surface area contributed by atoms with Crippen molar-refractivity contribution in [3.05, 3.63) is 30.0 Å². The molecule has 0 spiro atoms. The standard InChI is InChI=1S/C30H38N4O7/c1-30(2,3)25-27(35)34-16-19(15-23(34)28(36)39-5)40-26-21(31-20-12-11-18(38-4)14-22(20)32-26)10-8-6-7-9-17-13-24(17)41-29(37)33-25/h8,10-12,14,17,19,23-25H,6-7,9,13,15-16H2,1-5H3,(H,33,37)/b10-8-/t17-,19-,23+,24-,25-/m1/s1. The predicted molar refractivity (Wildman–Crippen MR) is 150 cm³/mol. The summed E-state index contributed by atoms with van der Waals surface area (Å²) in [5.41, 5.74) is 1.21. The maximum absolute atomic E-state index is 13.9. The normalized spacial score (nSPS) is 27.7. The number of ether oxygens (including phenoxy) is 4. The number of benzene rings is 1. The Hall–Kier alpha value is -3.89. The first-order valence-corrected chi connectivity index (χ1v) is 14.1. The van der Waals surface area contributed by atoms with Crippen molar-refractivity contribution >= 4 is 35.1 Å². The van der Waals surface area contributed by atoms with Gasteiger partial charge in [-0.1, -0.05) is 26.8 Å². The van der Waals surface area contributed by atoms with Crippen LogP contribution >= 0.6 is 0 Å². The summed E-state index contributed by atoms with van der Waals surface area (Å²) in [6, 6.07) is 3.65. The molecule has 5 rings (SSSR count). The van der Waals surface area contributed by atoms with Crippen molar-refractivity contribution in [3.8, 4) is 11.6 Å². The van der Waals surface area contributed by atoms with E-state index in [4.69, 9.17) is 28.9 Å². The number of fused-ring (bicyclic) bond motifs is 5. The Kier molecular flexibility index (Phi) is 8.06. The predicted octanol–water partition coefficient (Wildman–Crippen LogP) is 3.89. The lowest BCUT2D eigenvalue weighted by Crippen LogP contribution is -2.57. The number of nitrogens with zero attached hydrogens (tertiary/aromatic N) is 3. The SMILES string of the molecule is COC(=O)[C@@H]1C[C@@H]2CN1C(=O)[C@H](C(C)(C)C)NC(=O)O[C@@H]1C[C@H]1CCC/C=C\c1nc3ccc(OC)cc3nc1O2. The largest absolute Gasteiger partial charge is 0.497 e. The summed E-state index contributed by atoms with van der Waals surface area (Å²) in [5, 5.41) is 2.78. The maximum atomic E-state index is 13.9. The molecule has 1 saturated heterocycles. The summed E-state index contributed by atoms with van der Waals surface area (Å²) in [6.45, 7) is 5.68. The zero-order valence-electron chi connectivity index (χ0n) is 24.2. The van der Waals surface area contributed by atoms with Crippen molar-refractivity contribution in [1.29, 1.82) is 0 Å². The molecule has 2 fully saturated rings. The highest BCUT2D eigenvalue weighted by molar-refractivity contribution is 5.91. The molecule has 11 heteroatoms. The Labute approximate surface area is 239 Å². The minimum atomic E-state index is -0.927. The first kappa shape index (κ1) is 28.6. The van der Waals surface area contributed by atoms with Crippen molar-refractivity contribution in [1.82, 2.24) is 20.2 Å². The Balaban J connectivity index is 1.51. The molecule has 3 heterocycles. The number of nitrogens with one attached hydrogen (secondary N) is 1. The van der Waals surface area contributed by atoms with Crippen molar-refractivity contribution in [2.24, 2.45) is 11.3 Å². The van der Waals surface area contributed by atoms with Gasteiger partial charge in [0.1, 0.15) is 35.7 Å². The van der Waals surface area contributed by atoms with Crippen LogP contribution in [-0.2, 0) is 19.1 Å². The Morgan fingerprint density at radius 2 is 1.90 bits per heavy atom. The highest BCUT2D eigenvalue weighted by Crippen LogP contribution is 2.38. The number of carbonyl (C=O) groups excluding carboxylic acids is 3. The smallest absolute Gasteiger partial charge is 0.408 e. The van der Waals surface area contributed by atoms with Crippen LogP contribution in [0.15, 0.2) is 24.3 Å². The zero-order valence-corrected chi connectivity index (χ0v) is 24.2. The fourth-order valence-electron chi connectivity index (χ4n) is 5.46. The molecule has 1 N–H and O–H groups in total. The Morgan fingerprint density at radius 1 is 1.10 bits per heavy atom. The second kappa shape index (κ2) is 11.5. The second-order valence-electron chi connectivity index (χ2n) is 12.0. The van der Waals surface area contributed by atoms with Crippen LogP contribution in [0, 0.1) is 11.3 Å². The third-order valence-corrected chi connectivity index (χ3v) is 7.87. The van der Waals surface area contributed by atoms with Gasteiger partial charge in [-0.15, -0.1) is 0 Å². The summed E-state index contributed by atoms with van der Waals surface area (Å²) in [4.78, 5) is 50.6. The Morgan fingerprint density at radius 3 is 2.63 bits per heavy atom. The van der Waals surface area contributed by atoms with E-state index in [-0.39, 0.29) is 19.1 Å². The summed E-state index contributed by atoms with van der Waals surface area (Å²) in [6.07, 6.45) is 6.27. The number of alkyl carbamates (subject to hydrolysis) is 1. The van der Waals surface area contributed by atoms with Crippen molar-refractivity contribution in [3.63, 3.8) is 0 Å². The van der Waals surface area contributed by atoms with Gasteiger partial charge in [-0.2, -0.15) is 0 Å². The van der Waals surface area contributed by atoms with Crippen LogP contribution < -0.4 is 14.8 Å². The number of methoxy groups -OCH3 is 2. The number of esters is 1. The Bertz CT molecular complexity index is 1350. The third kappa shape index (κ3) is 6.39. The van der Waals surface area contributed by atoms with E-state index in [2.05, 4.69) is 5.32 Å². The molecule has 3 aliphatic rings. The number of aromatic nitrogens is 2. The van der Waals surface area contributed by atoms with Crippen LogP contribution in [0.3, 0.4) is 0 Å². The third-order valence-electron chi connectivity index (χ3n) is 7.87. The molecule has 11 nitrogen and oxygen atoms in total. The van der Waals surface area contributed by atoms with Gasteiger partial charge in [-0.3, -0.25) is 4.79 Å². The van der Waals surface area contributed by atoms with E-state index < -0.39 is 41.6 Å². The van der Waals surface area contributed by atoms with Crippen LogP contribution in [0.1, 0.15) is 58.6 Å². The number of rotatable bonds is 2. The van der Waals surface area contributed by atoms with Gasteiger partial charge in [-0.05, 0) is 55.2 Å². The minimum Gasteiger partial charge on any atom is -0.497 e. The summed E-state index contributed by atoms with van der Waals surface area (Å²) in [7, 11) is 2.87. The van der Waals surface area contributed by atoms with E-state index >= 15 is 0 Å². The van der Waals surface area contributed by atoms with Crippen LogP contribution in [0.25, 0.3) is 17.1 Å². The highest BCUT2D eigenvalue weighted by Gasteiger charge is 2.47. The monoisotopic (exact) mass is 566 g/mol. The van der Waals surface area contributed by atoms with Crippen molar-refractivity contribution < 1.29 is 33.3 Å². The molecule has 41 heavy (non-hydrogen) atoms. The van der Waals surface area contributed by atoms with Crippen LogP contribution in [0.4, 0.5) is 4.79 Å². The molecule has 1 aromatic carbocycles. The van der Waals surface area contributed by atoms with E-state index in [1.54, 1.807) is 13.2 Å². The first-order valence-electron chi connectivity index (χ1n) is 14.1. The van der Waals surface area contributed by atoms with Gasteiger partial charge in [0.25, 0.3) is 0 Å². The van der Waals surface area contributed by atoms with Crippen LogP contribution in [0.5, 0.6) is 11.6 Å². The van der Waals surface area contributed by atoms with Crippen molar-refractivity contribution in [2.75, 3.05) is 20.8 Å². The van der Waals surface area contributed by atoms with E-state index in [0.29, 0.717) is 34.3 Å². The number of amides is 2. The molecule has 1 aromatic heterocycles. The highest BCUT2D eigenvalue weighted by atomic mass is 16.6. The fraction of sp³-hybridized carbons (Fsp3) is 0.567. The molecule has 2 aromatic rings. The first-order chi connectivity index (χ1) is 19.6. The lowest BCUT2D eigenvalue weighted by Gasteiger charge is -2.34. The van der Waals surface area contributed by atoms with Gasteiger partial charge in [0.15, 0.2) is 0 Å². The molecule has 220 valence electrons. The second-order valence-corrected chi connectivity index (χ2v) is 12.0. The molecule has 2 amide bonds. The van der Waals surface area contributed by atoms with E-state index in [0.717, 1.165) is 25.7 Å². The average molecular weight is 567 g/mol. The quantitative estimate of drug-likeness (QED) is 0.538. The number of hydrogen-bond acceptors (Lipinski definition) is 9. The van der Waals surface area contributed by atoms with Gasteiger partial charge < -0.3 is 29.2 Å². The van der Waals surface area contributed by atoms with E-state index in [9.17, 15) is 14.4 Å². The molecule has 1 saturated carbocycles. The average Bonchev–Trinajstić information content (AvgIpc) is 3.53. The zero-order chi connectivity index (χ0) is 29.3. The number of carbonyl (C=O) groups is 3. The molecule has 0 radical (unpaired) electrons. The molecule has 1 aliphatic carbocycles. The minimum absolute atomic E-state index is 0.105.